The molecular weight excluding hydrogens is 401 g/mol. The first-order valence-corrected chi connectivity index (χ1v) is 9.79. The lowest BCUT2D eigenvalue weighted by Crippen LogP contribution is -2.47. The van der Waals surface area contributed by atoms with Crippen molar-refractivity contribution in [3.8, 4) is 11.3 Å². The van der Waals surface area contributed by atoms with Gasteiger partial charge >= 0.3 is 0 Å². The predicted octanol–water partition coefficient (Wildman–Crippen LogP) is 1.38. The number of halogens is 2. The summed E-state index contributed by atoms with van der Waals surface area (Å²) < 4.78 is 20.4. The van der Waals surface area contributed by atoms with Crippen LogP contribution >= 0.6 is 11.6 Å². The van der Waals surface area contributed by atoms with E-state index in [2.05, 4.69) is 15.7 Å². The van der Waals surface area contributed by atoms with Crippen molar-refractivity contribution in [2.75, 3.05) is 19.8 Å². The molecule has 0 bridgehead atoms. The number of nitrogens with one attached hydrogen (secondary N) is 2. The van der Waals surface area contributed by atoms with E-state index in [1.807, 2.05) is 0 Å². The molecule has 2 amide bonds. The second kappa shape index (κ2) is 8.10. The Labute approximate surface area is 171 Å². The van der Waals surface area contributed by atoms with E-state index in [1.54, 1.807) is 0 Å². The molecule has 1 aromatic carbocycles. The van der Waals surface area contributed by atoms with Gasteiger partial charge in [0.25, 0.3) is 5.91 Å². The van der Waals surface area contributed by atoms with Crippen molar-refractivity contribution in [2.24, 2.45) is 5.73 Å². The third-order valence-corrected chi connectivity index (χ3v) is 5.53. The Hall–Kier alpha value is -2.49. The first-order valence-electron chi connectivity index (χ1n) is 9.41. The van der Waals surface area contributed by atoms with Crippen LogP contribution in [0.25, 0.3) is 11.3 Å². The smallest absolute Gasteiger partial charge is 0.252 e. The molecule has 0 saturated carbocycles. The fourth-order valence-corrected chi connectivity index (χ4v) is 3.94. The van der Waals surface area contributed by atoms with Crippen LogP contribution < -0.4 is 16.4 Å². The van der Waals surface area contributed by atoms with Gasteiger partial charge in [-0.2, -0.15) is 5.10 Å². The molecule has 4 rings (SSSR count). The number of hydrogen-bond donors (Lipinski definition) is 3. The highest BCUT2D eigenvalue weighted by Crippen LogP contribution is 2.31. The number of hydrogen-bond acceptors (Lipinski definition) is 5. The maximum absolute atomic E-state index is 13.6. The summed E-state index contributed by atoms with van der Waals surface area (Å²) in [4.78, 5) is 25.1. The zero-order valence-corrected chi connectivity index (χ0v) is 16.3. The van der Waals surface area contributed by atoms with Crippen molar-refractivity contribution in [3.05, 3.63) is 40.3 Å². The minimum Gasteiger partial charge on any atom is -0.381 e. The van der Waals surface area contributed by atoms with Crippen molar-refractivity contribution < 1.29 is 18.7 Å². The molecule has 2 aliphatic rings. The van der Waals surface area contributed by atoms with E-state index in [0.29, 0.717) is 37.6 Å². The molecule has 29 heavy (non-hydrogen) atoms. The monoisotopic (exact) mass is 421 g/mol. The number of rotatable bonds is 4. The van der Waals surface area contributed by atoms with E-state index in [-0.39, 0.29) is 28.2 Å². The molecule has 8 nitrogen and oxygen atoms in total. The minimum absolute atomic E-state index is 0.0446. The molecule has 154 valence electrons. The number of primary amides is 1. The van der Waals surface area contributed by atoms with Crippen LogP contribution in [0.3, 0.4) is 0 Å². The highest BCUT2D eigenvalue weighted by molar-refractivity contribution is 6.31. The van der Waals surface area contributed by atoms with Crippen LogP contribution in [-0.2, 0) is 16.1 Å². The quantitative estimate of drug-likeness (QED) is 0.690. The van der Waals surface area contributed by atoms with Gasteiger partial charge in [-0.05, 0) is 31.0 Å². The number of fused-ring (bicyclic) bond motifs is 1. The molecule has 1 unspecified atom stereocenters. The molecule has 0 spiro atoms. The van der Waals surface area contributed by atoms with Gasteiger partial charge in [0, 0.05) is 37.9 Å². The average molecular weight is 422 g/mol. The molecule has 3 heterocycles. The van der Waals surface area contributed by atoms with Crippen LogP contribution in [0.4, 0.5) is 4.39 Å². The van der Waals surface area contributed by atoms with E-state index in [0.717, 1.165) is 12.8 Å². The Balaban J connectivity index is 1.70. The fraction of sp³-hybridized carbons (Fsp3) is 0.421. The highest BCUT2D eigenvalue weighted by Gasteiger charge is 2.34. The second-order valence-electron chi connectivity index (χ2n) is 7.15. The molecule has 0 aliphatic carbocycles. The molecule has 10 heteroatoms. The molecule has 2 aliphatic heterocycles. The summed E-state index contributed by atoms with van der Waals surface area (Å²) in [5, 5.41) is 10.6. The molecule has 1 fully saturated rings. The summed E-state index contributed by atoms with van der Waals surface area (Å²) in [6.07, 6.45) is 1.51. The normalized spacial score (nSPS) is 19.6. The van der Waals surface area contributed by atoms with Crippen LogP contribution in [0.15, 0.2) is 18.2 Å². The summed E-state index contributed by atoms with van der Waals surface area (Å²) >= 11 is 5.90. The third kappa shape index (κ3) is 3.85. The van der Waals surface area contributed by atoms with Crippen molar-refractivity contribution >= 4 is 23.4 Å². The second-order valence-corrected chi connectivity index (χ2v) is 7.56. The number of aromatic nitrogens is 2. The van der Waals surface area contributed by atoms with Crippen LogP contribution in [0.2, 0.25) is 5.02 Å². The predicted molar refractivity (Wildman–Crippen MR) is 104 cm³/mol. The maximum atomic E-state index is 13.6. The molecule has 1 saturated heterocycles. The van der Waals surface area contributed by atoms with Gasteiger partial charge in [-0.15, -0.1) is 0 Å². The number of nitrogens with zero attached hydrogens (tertiary/aromatic N) is 2. The maximum Gasteiger partial charge on any atom is 0.252 e. The highest BCUT2D eigenvalue weighted by atomic mass is 35.5. The van der Waals surface area contributed by atoms with Crippen molar-refractivity contribution in [1.29, 1.82) is 0 Å². The molecule has 1 atom stereocenters. The standard InChI is InChI=1S/C19H21ClFN5O3/c20-12-7-10(1-2-13(12)21)17-16(18(22)27)14-8-23-9-15(26(14)25-17)19(28)24-11-3-5-29-6-4-11/h1-2,7,11,15,23H,3-6,8-9H2,(H2,22,27)(H,24,28). The largest absolute Gasteiger partial charge is 0.381 e. The summed E-state index contributed by atoms with van der Waals surface area (Å²) in [5.41, 5.74) is 7.07. The van der Waals surface area contributed by atoms with Gasteiger partial charge in [-0.25, -0.2) is 4.39 Å². The SMILES string of the molecule is NC(=O)c1c(-c2ccc(F)c(Cl)c2)nn2c1CNCC2C(=O)NC1CCOCC1. The molecule has 2 aromatic rings. The first-order chi connectivity index (χ1) is 14.0. The van der Waals surface area contributed by atoms with E-state index in [4.69, 9.17) is 22.1 Å². The lowest BCUT2D eigenvalue weighted by molar-refractivity contribution is -0.126. The van der Waals surface area contributed by atoms with Crippen molar-refractivity contribution in [1.82, 2.24) is 20.4 Å². The van der Waals surface area contributed by atoms with Crippen LogP contribution in [0.5, 0.6) is 0 Å². The average Bonchev–Trinajstić information content (AvgIpc) is 3.10. The van der Waals surface area contributed by atoms with E-state index in [9.17, 15) is 14.0 Å². The van der Waals surface area contributed by atoms with Gasteiger partial charge in [-0.3, -0.25) is 14.3 Å². The Morgan fingerprint density at radius 1 is 1.34 bits per heavy atom. The molecule has 0 radical (unpaired) electrons. The van der Waals surface area contributed by atoms with Crippen LogP contribution in [-0.4, -0.2) is 47.4 Å². The van der Waals surface area contributed by atoms with Crippen LogP contribution in [0, 0.1) is 5.82 Å². The topological polar surface area (TPSA) is 111 Å². The van der Waals surface area contributed by atoms with Gasteiger partial charge in [0.05, 0.1) is 16.3 Å². The number of benzene rings is 1. The summed E-state index contributed by atoms with van der Waals surface area (Å²) in [6, 6.07) is 3.48. The number of carbonyl (C=O) groups is 2. The van der Waals surface area contributed by atoms with Gasteiger partial charge in [-0.1, -0.05) is 11.6 Å². The van der Waals surface area contributed by atoms with Crippen molar-refractivity contribution in [2.45, 2.75) is 31.5 Å². The molecule has 4 N–H and O–H groups in total. The number of amides is 2. The zero-order valence-electron chi connectivity index (χ0n) is 15.6. The lowest BCUT2D eigenvalue weighted by Gasteiger charge is -2.29. The summed E-state index contributed by atoms with van der Waals surface area (Å²) in [7, 11) is 0. The number of carbonyl (C=O) groups excluding carboxylic acids is 2. The van der Waals surface area contributed by atoms with Gasteiger partial charge in [0.2, 0.25) is 5.91 Å². The van der Waals surface area contributed by atoms with E-state index < -0.39 is 17.8 Å². The Bertz CT molecular complexity index is 958. The third-order valence-electron chi connectivity index (χ3n) is 5.24. The van der Waals surface area contributed by atoms with Gasteiger partial charge in [0.15, 0.2) is 0 Å². The first kappa shape index (κ1) is 19.8. The minimum atomic E-state index is -0.672. The van der Waals surface area contributed by atoms with Crippen molar-refractivity contribution in [3.63, 3.8) is 0 Å². The Morgan fingerprint density at radius 3 is 2.79 bits per heavy atom. The fourth-order valence-electron chi connectivity index (χ4n) is 3.76. The zero-order chi connectivity index (χ0) is 20.5. The molecular formula is C19H21ClFN5O3. The van der Waals surface area contributed by atoms with Crippen LogP contribution in [0.1, 0.15) is 34.9 Å². The van der Waals surface area contributed by atoms with E-state index >= 15 is 0 Å². The van der Waals surface area contributed by atoms with Gasteiger partial charge in [0.1, 0.15) is 17.6 Å². The van der Waals surface area contributed by atoms with Gasteiger partial charge < -0.3 is 21.1 Å². The number of ether oxygens (including phenoxy) is 1. The Kier molecular flexibility index (Phi) is 5.53. The molecule has 1 aromatic heterocycles. The summed E-state index contributed by atoms with van der Waals surface area (Å²) in [5.74, 6) is -1.43. The van der Waals surface area contributed by atoms with E-state index in [1.165, 1.54) is 22.9 Å². The lowest BCUT2D eigenvalue weighted by atomic mass is 10.0. The number of nitrogens with two attached hydrogens (primary N) is 1. The summed E-state index contributed by atoms with van der Waals surface area (Å²) in [6.45, 7) is 1.93. The Morgan fingerprint density at radius 2 is 2.10 bits per heavy atom.